The zero-order valence-electron chi connectivity index (χ0n) is 26.5. The highest BCUT2D eigenvalue weighted by Gasteiger charge is 2.47. The van der Waals surface area contributed by atoms with Crippen LogP contribution in [0.15, 0.2) is 79.3 Å². The van der Waals surface area contributed by atoms with Crippen molar-refractivity contribution in [1.29, 1.82) is 0 Å². The molecule has 9 rings (SSSR count). The molecule has 4 bridgehead atoms. The normalized spacial score (nSPS) is 20.6. The van der Waals surface area contributed by atoms with Crippen molar-refractivity contribution in [3.05, 3.63) is 95.9 Å². The van der Waals surface area contributed by atoms with Crippen molar-refractivity contribution in [2.24, 2.45) is 11.7 Å². The van der Waals surface area contributed by atoms with E-state index in [4.69, 9.17) is 25.4 Å². The lowest BCUT2D eigenvalue weighted by molar-refractivity contribution is 0.0700. The van der Waals surface area contributed by atoms with Crippen LogP contribution < -0.4 is 10.5 Å². The number of aryl methyl sites for hydroxylation is 2. The molecule has 47 heavy (non-hydrogen) atoms. The third kappa shape index (κ3) is 4.55. The second kappa shape index (κ2) is 11.1. The molecule has 2 N–H and O–H groups in total. The molecule has 3 unspecified atom stereocenters. The number of amides is 1. The Morgan fingerprint density at radius 2 is 1.91 bits per heavy atom. The molecule has 1 saturated carbocycles. The first-order chi connectivity index (χ1) is 23.1. The van der Waals surface area contributed by atoms with Crippen molar-refractivity contribution in [3.8, 4) is 28.4 Å². The molecule has 236 valence electrons. The number of carbonyl (C=O) groups is 1. The number of ether oxygens (including phenoxy) is 1. The number of hydrogen-bond acceptors (Lipinski definition) is 6. The number of aromatic nitrogens is 5. The number of fused-ring (bicyclic) bond motifs is 13. The quantitative estimate of drug-likeness (QED) is 0.251. The number of nitrogens with zero attached hydrogens (tertiary/aromatic N) is 6. The Bertz CT molecular complexity index is 2180. The van der Waals surface area contributed by atoms with Crippen molar-refractivity contribution in [3.63, 3.8) is 0 Å². The van der Waals surface area contributed by atoms with Gasteiger partial charge in [0.05, 0.1) is 24.9 Å². The number of hydrogen-bond donors (Lipinski definition) is 1. The van der Waals surface area contributed by atoms with Crippen molar-refractivity contribution >= 4 is 28.0 Å². The number of methoxy groups -OCH3 is 1. The van der Waals surface area contributed by atoms with Crippen molar-refractivity contribution in [2.45, 2.75) is 57.3 Å². The lowest BCUT2D eigenvalue weighted by Gasteiger charge is -2.27. The van der Waals surface area contributed by atoms with Crippen molar-refractivity contribution in [1.82, 2.24) is 29.0 Å². The van der Waals surface area contributed by atoms with Gasteiger partial charge in [0.25, 0.3) is 5.91 Å². The number of benzene rings is 2. The zero-order valence-corrected chi connectivity index (χ0v) is 26.5. The van der Waals surface area contributed by atoms with Crippen LogP contribution in [0.1, 0.15) is 47.2 Å². The fourth-order valence-corrected chi connectivity index (χ4v) is 8.31. The van der Waals surface area contributed by atoms with E-state index in [2.05, 4.69) is 51.6 Å². The summed E-state index contributed by atoms with van der Waals surface area (Å²) in [4.78, 5) is 30.7. The highest BCUT2D eigenvalue weighted by Crippen LogP contribution is 2.40. The Hall–Kier alpha value is -5.02. The van der Waals surface area contributed by atoms with E-state index in [0.29, 0.717) is 30.3 Å². The predicted molar refractivity (Wildman–Crippen MR) is 182 cm³/mol. The van der Waals surface area contributed by atoms with Gasteiger partial charge >= 0.3 is 0 Å². The third-order valence-electron chi connectivity index (χ3n) is 10.6. The molecule has 9 nitrogen and oxygen atoms in total. The molecule has 0 radical (unpaired) electrons. The molecular weight excluding hydrogens is 586 g/mol. The molecule has 2 aromatic carbocycles. The molecule has 3 aliphatic rings. The number of likely N-dealkylation sites (tertiary alicyclic amines) is 1. The topological polar surface area (TPSA) is 104 Å². The van der Waals surface area contributed by atoms with E-state index in [0.717, 1.165) is 83.4 Å². The molecule has 1 saturated heterocycles. The number of carbonyl (C=O) groups excluding carboxylic acids is 1. The van der Waals surface area contributed by atoms with Gasteiger partial charge in [0.2, 0.25) is 0 Å². The smallest absolute Gasteiger partial charge is 0.254 e. The standard InChI is InChI=1S/C38H37N7O2/c1-47-33-18-27(38(46)44-22-26-11-12-31(44)34(26)39)16-30-35(33)45-21-23-15-28(20-40-19-23)29-10-3-2-7-24(29)8-4-5-14-43-32(37(45)42-30)17-25-9-6-13-41-36(25)43/h2-3,6-7,9-10,13,15-20,26,31,34H,4-5,8,11-12,14,21-22,39H2,1H3. The first kappa shape index (κ1) is 28.2. The van der Waals surface area contributed by atoms with Crippen LogP contribution in [-0.2, 0) is 19.5 Å². The fraction of sp³-hybridized carbons (Fsp3) is 0.316. The molecule has 6 aromatic rings. The van der Waals surface area contributed by atoms with Gasteiger partial charge in [0.15, 0.2) is 5.82 Å². The van der Waals surface area contributed by atoms with E-state index >= 15 is 0 Å². The second-order valence-electron chi connectivity index (χ2n) is 13.3. The molecule has 1 aliphatic carbocycles. The average Bonchev–Trinajstić information content (AvgIpc) is 3.85. The van der Waals surface area contributed by atoms with Gasteiger partial charge < -0.3 is 24.5 Å². The Morgan fingerprint density at radius 3 is 2.77 bits per heavy atom. The van der Waals surface area contributed by atoms with Gasteiger partial charge in [-0.25, -0.2) is 9.97 Å². The summed E-state index contributed by atoms with van der Waals surface area (Å²) in [7, 11) is 1.67. The summed E-state index contributed by atoms with van der Waals surface area (Å²) >= 11 is 0. The SMILES string of the molecule is COc1cc(C(=O)N2CC3CCC2C3N)cc2nc3n(c12)Cc1cncc(c1)-c1ccccc1CCCCn1c-3cc2cccnc21. The third-order valence-corrected chi connectivity index (χ3v) is 10.6. The maximum absolute atomic E-state index is 14.0. The van der Waals surface area contributed by atoms with E-state index in [1.807, 2.05) is 41.7 Å². The van der Waals surface area contributed by atoms with Crippen LogP contribution in [-0.4, -0.2) is 60.6 Å². The molecule has 2 aliphatic heterocycles. The Kier molecular flexibility index (Phi) is 6.64. The van der Waals surface area contributed by atoms with Gasteiger partial charge in [-0.2, -0.15) is 0 Å². The van der Waals surface area contributed by atoms with E-state index in [1.54, 1.807) is 7.11 Å². The minimum Gasteiger partial charge on any atom is -0.494 e. The maximum atomic E-state index is 14.0. The minimum atomic E-state index is -0.00350. The van der Waals surface area contributed by atoms with Gasteiger partial charge in [-0.05, 0) is 91.1 Å². The molecule has 3 atom stereocenters. The minimum absolute atomic E-state index is 0.00350. The summed E-state index contributed by atoms with van der Waals surface area (Å²) in [5, 5.41) is 1.07. The summed E-state index contributed by atoms with van der Waals surface area (Å²) in [6, 6.07) is 21.1. The summed E-state index contributed by atoms with van der Waals surface area (Å²) in [5.74, 6) is 1.81. The van der Waals surface area contributed by atoms with Crippen LogP contribution in [0, 0.1) is 5.92 Å². The van der Waals surface area contributed by atoms with E-state index in [1.165, 1.54) is 11.1 Å². The van der Waals surface area contributed by atoms with Gasteiger partial charge in [0, 0.05) is 60.3 Å². The summed E-state index contributed by atoms with van der Waals surface area (Å²) < 4.78 is 10.6. The summed E-state index contributed by atoms with van der Waals surface area (Å²) in [6.45, 7) is 2.05. The largest absolute Gasteiger partial charge is 0.494 e. The first-order valence-electron chi connectivity index (χ1n) is 16.7. The Morgan fingerprint density at radius 1 is 1.00 bits per heavy atom. The molecule has 4 aromatic heterocycles. The number of nitrogens with two attached hydrogens (primary N) is 1. The lowest BCUT2D eigenvalue weighted by Crippen LogP contribution is -2.41. The van der Waals surface area contributed by atoms with Crippen molar-refractivity contribution in [2.75, 3.05) is 13.7 Å². The van der Waals surface area contributed by atoms with Gasteiger partial charge in [-0.3, -0.25) is 9.78 Å². The van der Waals surface area contributed by atoms with Gasteiger partial charge in [-0.1, -0.05) is 24.3 Å². The Labute approximate surface area is 273 Å². The molecule has 2 fully saturated rings. The van der Waals surface area contributed by atoms with E-state index in [-0.39, 0.29) is 18.0 Å². The van der Waals surface area contributed by atoms with Crippen LogP contribution in [0.2, 0.25) is 0 Å². The van der Waals surface area contributed by atoms with Crippen LogP contribution >= 0.6 is 0 Å². The van der Waals surface area contributed by atoms with Crippen LogP contribution in [0.25, 0.3) is 44.7 Å². The molecule has 0 spiro atoms. The number of imidazole rings is 1. The molecule has 6 heterocycles. The Balaban J connectivity index is 1.25. The predicted octanol–water partition coefficient (Wildman–Crippen LogP) is 6.07. The summed E-state index contributed by atoms with van der Waals surface area (Å²) in [6.07, 6.45) is 10.8. The monoisotopic (exact) mass is 623 g/mol. The van der Waals surface area contributed by atoms with Gasteiger partial charge in [-0.15, -0.1) is 0 Å². The lowest BCUT2D eigenvalue weighted by atomic mass is 9.96. The number of pyridine rings is 2. The average molecular weight is 624 g/mol. The van der Waals surface area contributed by atoms with Crippen LogP contribution in [0.4, 0.5) is 0 Å². The first-order valence-corrected chi connectivity index (χ1v) is 16.7. The second-order valence-corrected chi connectivity index (χ2v) is 13.3. The van der Waals surface area contributed by atoms with E-state index < -0.39 is 0 Å². The van der Waals surface area contributed by atoms with Crippen LogP contribution in [0.5, 0.6) is 5.75 Å². The van der Waals surface area contributed by atoms with Gasteiger partial charge in [0.1, 0.15) is 16.9 Å². The molecule has 1 amide bonds. The highest BCUT2D eigenvalue weighted by atomic mass is 16.5. The zero-order chi connectivity index (χ0) is 31.6. The fourth-order valence-electron chi connectivity index (χ4n) is 8.31. The van der Waals surface area contributed by atoms with E-state index in [9.17, 15) is 4.79 Å². The molecular formula is C38H37N7O2. The van der Waals surface area contributed by atoms with Crippen molar-refractivity contribution < 1.29 is 9.53 Å². The maximum Gasteiger partial charge on any atom is 0.254 e. The number of piperidine rings is 1. The number of rotatable bonds is 2. The molecule has 9 heteroatoms. The van der Waals surface area contributed by atoms with Crippen LogP contribution in [0.3, 0.4) is 0 Å². The highest BCUT2D eigenvalue weighted by molar-refractivity contribution is 6.00. The summed E-state index contributed by atoms with van der Waals surface area (Å²) in [5.41, 5.74) is 15.3.